The van der Waals surface area contributed by atoms with Crippen LogP contribution in [0.1, 0.15) is 11.7 Å². The van der Waals surface area contributed by atoms with Crippen LogP contribution in [0.25, 0.3) is 0 Å². The Labute approximate surface area is 87.4 Å². The molecule has 0 aromatic heterocycles. The van der Waals surface area contributed by atoms with E-state index in [4.69, 9.17) is 16.7 Å². The van der Waals surface area contributed by atoms with Crippen molar-refractivity contribution in [3.05, 3.63) is 34.9 Å². The van der Waals surface area contributed by atoms with Crippen LogP contribution in [0.5, 0.6) is 0 Å². The summed E-state index contributed by atoms with van der Waals surface area (Å²) in [5.74, 6) is -0.531. The minimum atomic E-state index is -3.70. The van der Waals surface area contributed by atoms with Gasteiger partial charge in [-0.2, -0.15) is 0 Å². The van der Waals surface area contributed by atoms with Crippen molar-refractivity contribution in [3.63, 3.8) is 0 Å². The molecule has 78 valence electrons. The van der Waals surface area contributed by atoms with Crippen molar-refractivity contribution in [3.8, 4) is 0 Å². The largest absolute Gasteiger partial charge is 0.387 e. The van der Waals surface area contributed by atoms with Crippen molar-refractivity contribution in [2.45, 2.75) is 6.10 Å². The van der Waals surface area contributed by atoms with Gasteiger partial charge in [0.2, 0.25) is 10.0 Å². The van der Waals surface area contributed by atoms with Crippen LogP contribution in [0.15, 0.2) is 24.3 Å². The van der Waals surface area contributed by atoms with E-state index in [9.17, 15) is 13.5 Å². The molecule has 3 N–H and O–H groups in total. The molecule has 0 aliphatic rings. The maximum Gasteiger partial charge on any atom is 0.211 e. The zero-order valence-electron chi connectivity index (χ0n) is 7.22. The van der Waals surface area contributed by atoms with Crippen LogP contribution < -0.4 is 5.14 Å². The van der Waals surface area contributed by atoms with E-state index in [1.54, 1.807) is 24.3 Å². The number of aliphatic hydroxyl groups excluding tert-OH is 1. The van der Waals surface area contributed by atoms with Gasteiger partial charge in [-0.15, -0.1) is 0 Å². The van der Waals surface area contributed by atoms with Crippen molar-refractivity contribution >= 4 is 21.6 Å². The molecule has 0 radical (unpaired) electrons. The number of halogens is 1. The number of primary sulfonamides is 1. The van der Waals surface area contributed by atoms with Gasteiger partial charge in [0.1, 0.15) is 0 Å². The number of nitrogens with two attached hydrogens (primary N) is 1. The van der Waals surface area contributed by atoms with E-state index in [-0.39, 0.29) is 0 Å². The molecular formula is C8H10ClNO3S. The molecule has 6 heteroatoms. The van der Waals surface area contributed by atoms with E-state index in [1.807, 2.05) is 0 Å². The van der Waals surface area contributed by atoms with Gasteiger partial charge in [0.05, 0.1) is 11.9 Å². The fraction of sp³-hybridized carbons (Fsp3) is 0.250. The van der Waals surface area contributed by atoms with Crippen LogP contribution >= 0.6 is 11.6 Å². The van der Waals surface area contributed by atoms with Gasteiger partial charge < -0.3 is 5.11 Å². The fourth-order valence-electron chi connectivity index (χ4n) is 1.06. The van der Waals surface area contributed by atoms with Gasteiger partial charge in [-0.3, -0.25) is 0 Å². The summed E-state index contributed by atoms with van der Waals surface area (Å²) in [7, 11) is -3.70. The molecule has 0 unspecified atom stereocenters. The highest BCUT2D eigenvalue weighted by molar-refractivity contribution is 7.89. The second-order valence-corrected chi connectivity index (χ2v) is 4.93. The number of hydrogen-bond donors (Lipinski definition) is 2. The van der Waals surface area contributed by atoms with E-state index >= 15 is 0 Å². The topological polar surface area (TPSA) is 80.4 Å². The molecule has 0 saturated heterocycles. The van der Waals surface area contributed by atoms with E-state index in [0.717, 1.165) is 0 Å². The Hall–Kier alpha value is -0.620. The Bertz CT molecular complexity index is 418. The molecule has 1 aromatic rings. The highest BCUT2D eigenvalue weighted by atomic mass is 35.5. The molecule has 0 aliphatic carbocycles. The van der Waals surface area contributed by atoms with Gasteiger partial charge in [0.15, 0.2) is 0 Å². The quantitative estimate of drug-likeness (QED) is 0.808. The van der Waals surface area contributed by atoms with E-state index < -0.39 is 21.9 Å². The summed E-state index contributed by atoms with van der Waals surface area (Å²) in [6.07, 6.45) is -1.18. The molecule has 1 aromatic carbocycles. The van der Waals surface area contributed by atoms with Crippen LogP contribution in [0.4, 0.5) is 0 Å². The number of sulfonamides is 1. The van der Waals surface area contributed by atoms with Crippen LogP contribution in [-0.2, 0) is 10.0 Å². The molecule has 0 saturated carbocycles. The zero-order chi connectivity index (χ0) is 10.8. The van der Waals surface area contributed by atoms with E-state index in [0.29, 0.717) is 10.6 Å². The van der Waals surface area contributed by atoms with Crippen LogP contribution in [0.2, 0.25) is 5.02 Å². The number of hydrogen-bond acceptors (Lipinski definition) is 3. The van der Waals surface area contributed by atoms with E-state index in [1.165, 1.54) is 0 Å². The first-order valence-electron chi connectivity index (χ1n) is 3.83. The van der Waals surface area contributed by atoms with Crippen LogP contribution in [0.3, 0.4) is 0 Å². The Balaban J connectivity index is 2.90. The summed E-state index contributed by atoms with van der Waals surface area (Å²) in [5, 5.41) is 14.6. The zero-order valence-corrected chi connectivity index (χ0v) is 8.79. The third kappa shape index (κ3) is 3.26. The summed E-state index contributed by atoms with van der Waals surface area (Å²) in [6.45, 7) is 0. The molecule has 4 nitrogen and oxygen atoms in total. The van der Waals surface area contributed by atoms with E-state index in [2.05, 4.69) is 0 Å². The summed E-state index contributed by atoms with van der Waals surface area (Å²) >= 11 is 5.75. The predicted molar refractivity (Wildman–Crippen MR) is 54.4 cm³/mol. The van der Waals surface area contributed by atoms with Crippen LogP contribution in [0, 0.1) is 0 Å². The lowest BCUT2D eigenvalue weighted by Crippen LogP contribution is -2.21. The number of benzene rings is 1. The standard InChI is InChI=1S/C8H10ClNO3S/c9-7-4-2-1-3-6(7)8(11)5-14(10,12)13/h1-4,8,11H,5H2,(H2,10,12,13)/t8-/m0/s1. The molecular weight excluding hydrogens is 226 g/mol. The van der Waals surface area contributed by atoms with Gasteiger partial charge >= 0.3 is 0 Å². The van der Waals surface area contributed by atoms with Crippen molar-refractivity contribution in [2.75, 3.05) is 5.75 Å². The van der Waals surface area contributed by atoms with Gasteiger partial charge in [-0.1, -0.05) is 29.8 Å². The summed E-state index contributed by atoms with van der Waals surface area (Å²) in [6, 6.07) is 6.48. The van der Waals surface area contributed by atoms with Crippen molar-refractivity contribution < 1.29 is 13.5 Å². The highest BCUT2D eigenvalue weighted by Gasteiger charge is 2.16. The molecule has 0 aliphatic heterocycles. The first-order chi connectivity index (χ1) is 6.40. The second-order valence-electron chi connectivity index (χ2n) is 2.87. The molecule has 0 heterocycles. The first kappa shape index (κ1) is 11.5. The Morgan fingerprint density at radius 3 is 2.50 bits per heavy atom. The van der Waals surface area contributed by atoms with Crippen molar-refractivity contribution in [1.29, 1.82) is 0 Å². The summed E-state index contributed by atoms with van der Waals surface area (Å²) < 4.78 is 21.4. The monoisotopic (exact) mass is 235 g/mol. The molecule has 0 fully saturated rings. The lowest BCUT2D eigenvalue weighted by atomic mass is 10.1. The minimum Gasteiger partial charge on any atom is -0.387 e. The fourth-order valence-corrected chi connectivity index (χ4v) is 1.94. The van der Waals surface area contributed by atoms with Gasteiger partial charge in [-0.25, -0.2) is 13.6 Å². The first-order valence-corrected chi connectivity index (χ1v) is 5.92. The third-order valence-electron chi connectivity index (χ3n) is 1.65. The second kappa shape index (κ2) is 4.27. The van der Waals surface area contributed by atoms with Crippen molar-refractivity contribution in [2.24, 2.45) is 5.14 Å². The Morgan fingerprint density at radius 2 is 2.00 bits per heavy atom. The average Bonchev–Trinajstić information content (AvgIpc) is 2.01. The van der Waals surface area contributed by atoms with Gasteiger partial charge in [0, 0.05) is 10.6 Å². The lowest BCUT2D eigenvalue weighted by molar-refractivity contribution is 0.202. The smallest absolute Gasteiger partial charge is 0.211 e. The molecule has 14 heavy (non-hydrogen) atoms. The van der Waals surface area contributed by atoms with Gasteiger partial charge in [0.25, 0.3) is 0 Å². The molecule has 1 rings (SSSR count). The van der Waals surface area contributed by atoms with Crippen LogP contribution in [-0.4, -0.2) is 19.3 Å². The maximum atomic E-state index is 10.7. The minimum absolute atomic E-state index is 0.323. The molecule has 0 bridgehead atoms. The third-order valence-corrected chi connectivity index (χ3v) is 2.78. The Kier molecular flexibility index (Phi) is 3.49. The predicted octanol–water partition coefficient (Wildman–Crippen LogP) is 0.662. The lowest BCUT2D eigenvalue weighted by Gasteiger charge is -2.10. The summed E-state index contributed by atoms with van der Waals surface area (Å²) in [5.41, 5.74) is 0.364. The molecule has 0 spiro atoms. The normalized spacial score (nSPS) is 13.9. The van der Waals surface area contributed by atoms with Crippen molar-refractivity contribution in [1.82, 2.24) is 0 Å². The summed E-state index contributed by atoms with van der Waals surface area (Å²) in [4.78, 5) is 0. The van der Waals surface area contributed by atoms with Gasteiger partial charge in [-0.05, 0) is 6.07 Å². The highest BCUT2D eigenvalue weighted by Crippen LogP contribution is 2.22. The number of aliphatic hydroxyl groups is 1. The number of rotatable bonds is 3. The Morgan fingerprint density at radius 1 is 1.43 bits per heavy atom. The average molecular weight is 236 g/mol. The maximum absolute atomic E-state index is 10.7. The SMILES string of the molecule is NS(=O)(=O)C[C@H](O)c1ccccc1Cl. The molecule has 1 atom stereocenters. The molecule has 0 amide bonds.